The zero-order valence-corrected chi connectivity index (χ0v) is 13.8. The molecule has 0 aliphatic carbocycles. The molecule has 2 aromatic carbocycles. The summed E-state index contributed by atoms with van der Waals surface area (Å²) in [6, 6.07) is 9.84. The van der Waals surface area contributed by atoms with Crippen molar-refractivity contribution in [1.29, 1.82) is 0 Å². The van der Waals surface area contributed by atoms with Crippen molar-refractivity contribution >= 4 is 28.8 Å². The van der Waals surface area contributed by atoms with Crippen molar-refractivity contribution < 1.29 is 18.0 Å². The van der Waals surface area contributed by atoms with Crippen molar-refractivity contribution in [3.05, 3.63) is 59.2 Å². The molecule has 1 aliphatic heterocycles. The maximum atomic E-state index is 12.8. The topological polar surface area (TPSA) is 79.8 Å². The van der Waals surface area contributed by atoms with E-state index in [0.717, 1.165) is 12.1 Å². The van der Waals surface area contributed by atoms with Gasteiger partial charge < -0.3 is 11.1 Å². The standard InChI is InChI=1S/C18H15F3N4O/c1-10(26)24-14-4-2-3-13-16(23-9-15(22)25-17(13)14)11-5-7-12(8-6-11)18(19,20)21/h2-8H,9H2,1H3,(H2,22,25)(H,24,26). The van der Waals surface area contributed by atoms with Gasteiger partial charge >= 0.3 is 6.18 Å². The van der Waals surface area contributed by atoms with E-state index in [0.29, 0.717) is 28.2 Å². The first-order chi connectivity index (χ1) is 12.3. The van der Waals surface area contributed by atoms with Crippen LogP contribution in [0.5, 0.6) is 0 Å². The van der Waals surface area contributed by atoms with Crippen molar-refractivity contribution in [2.75, 3.05) is 11.9 Å². The van der Waals surface area contributed by atoms with E-state index in [1.165, 1.54) is 19.1 Å². The number of hydrogen-bond donors (Lipinski definition) is 2. The minimum Gasteiger partial charge on any atom is -0.386 e. The van der Waals surface area contributed by atoms with Crippen LogP contribution in [0.4, 0.5) is 24.5 Å². The summed E-state index contributed by atoms with van der Waals surface area (Å²) in [4.78, 5) is 20.1. The molecule has 1 heterocycles. The second-order valence-electron chi connectivity index (χ2n) is 5.73. The van der Waals surface area contributed by atoms with E-state index in [1.54, 1.807) is 18.2 Å². The van der Waals surface area contributed by atoms with E-state index in [9.17, 15) is 18.0 Å². The third-order valence-electron chi connectivity index (χ3n) is 3.74. The van der Waals surface area contributed by atoms with E-state index in [2.05, 4.69) is 15.3 Å². The number of amides is 1. The lowest BCUT2D eigenvalue weighted by Crippen LogP contribution is -2.15. The second-order valence-corrected chi connectivity index (χ2v) is 5.73. The summed E-state index contributed by atoms with van der Waals surface area (Å²) in [5.41, 5.74) is 7.55. The number of nitrogens with two attached hydrogens (primary N) is 1. The van der Waals surface area contributed by atoms with Crippen LogP contribution in [0.15, 0.2) is 52.4 Å². The molecule has 0 bridgehead atoms. The molecule has 134 valence electrons. The summed E-state index contributed by atoms with van der Waals surface area (Å²) in [5, 5.41) is 2.68. The summed E-state index contributed by atoms with van der Waals surface area (Å²) < 4.78 is 38.4. The molecule has 1 aliphatic rings. The lowest BCUT2D eigenvalue weighted by molar-refractivity contribution is -0.137. The van der Waals surface area contributed by atoms with Crippen molar-refractivity contribution in [3.63, 3.8) is 0 Å². The molecule has 0 atom stereocenters. The quantitative estimate of drug-likeness (QED) is 0.860. The number of amidine groups is 1. The molecule has 3 N–H and O–H groups in total. The van der Waals surface area contributed by atoms with E-state index < -0.39 is 11.7 Å². The average Bonchev–Trinajstić information content (AvgIpc) is 2.73. The number of para-hydroxylation sites is 1. The number of halogens is 3. The normalized spacial score (nSPS) is 14.0. The number of alkyl halides is 3. The zero-order valence-electron chi connectivity index (χ0n) is 13.8. The SMILES string of the molecule is CC(=O)Nc1cccc2c1N=C(N)CN=C2c1ccc(C(F)(F)F)cc1. The number of hydrogen-bond acceptors (Lipinski definition) is 4. The van der Waals surface area contributed by atoms with Gasteiger partial charge in [0.25, 0.3) is 0 Å². The number of nitrogens with one attached hydrogen (secondary N) is 1. The van der Waals surface area contributed by atoms with E-state index in [1.807, 2.05) is 0 Å². The number of carbonyl (C=O) groups is 1. The second kappa shape index (κ2) is 6.62. The fraction of sp³-hybridized carbons (Fsp3) is 0.167. The van der Waals surface area contributed by atoms with E-state index >= 15 is 0 Å². The van der Waals surface area contributed by atoms with Crippen molar-refractivity contribution in [2.24, 2.45) is 15.7 Å². The number of aliphatic imine (C=N–C) groups is 2. The highest BCUT2D eigenvalue weighted by atomic mass is 19.4. The Hall–Kier alpha value is -3.16. The first kappa shape index (κ1) is 17.7. The van der Waals surface area contributed by atoms with Crippen molar-refractivity contribution in [2.45, 2.75) is 13.1 Å². The Balaban J connectivity index is 2.10. The summed E-state index contributed by atoms with van der Waals surface area (Å²) in [6.45, 7) is 1.47. The molecule has 0 spiro atoms. The molecule has 0 radical (unpaired) electrons. The van der Waals surface area contributed by atoms with Gasteiger partial charge in [-0.25, -0.2) is 4.99 Å². The molecule has 26 heavy (non-hydrogen) atoms. The zero-order chi connectivity index (χ0) is 18.9. The van der Waals surface area contributed by atoms with Crippen molar-refractivity contribution in [3.8, 4) is 0 Å². The molecule has 0 unspecified atom stereocenters. The van der Waals surface area contributed by atoms with Crippen LogP contribution >= 0.6 is 0 Å². The third kappa shape index (κ3) is 3.58. The van der Waals surface area contributed by atoms with Crippen LogP contribution in [-0.4, -0.2) is 24.0 Å². The van der Waals surface area contributed by atoms with Gasteiger partial charge in [-0.3, -0.25) is 9.79 Å². The van der Waals surface area contributed by atoms with Crippen LogP contribution < -0.4 is 11.1 Å². The fourth-order valence-corrected chi connectivity index (χ4v) is 2.63. The highest BCUT2D eigenvalue weighted by molar-refractivity contribution is 6.19. The van der Waals surface area contributed by atoms with E-state index in [-0.39, 0.29) is 18.3 Å². The summed E-state index contributed by atoms with van der Waals surface area (Å²) in [5.74, 6) is -0.0320. The predicted octanol–water partition coefficient (Wildman–Crippen LogP) is 3.50. The third-order valence-corrected chi connectivity index (χ3v) is 3.74. The molecule has 5 nitrogen and oxygen atoms in total. The van der Waals surface area contributed by atoms with Crippen LogP contribution in [0.1, 0.15) is 23.6 Å². The largest absolute Gasteiger partial charge is 0.416 e. The lowest BCUT2D eigenvalue weighted by Gasteiger charge is -2.13. The number of rotatable bonds is 2. The number of carbonyl (C=O) groups excluding carboxylic acids is 1. The summed E-state index contributed by atoms with van der Waals surface area (Å²) in [6.07, 6.45) is -4.41. The van der Waals surface area contributed by atoms with Gasteiger partial charge in [-0.15, -0.1) is 0 Å². The Morgan fingerprint density at radius 2 is 1.85 bits per heavy atom. The Morgan fingerprint density at radius 3 is 2.46 bits per heavy atom. The minimum absolute atomic E-state index is 0.102. The predicted molar refractivity (Wildman–Crippen MR) is 94.0 cm³/mol. The summed E-state index contributed by atoms with van der Waals surface area (Å²) in [7, 11) is 0. The number of anilines is 1. The number of nitrogens with zero attached hydrogens (tertiary/aromatic N) is 2. The first-order valence-electron chi connectivity index (χ1n) is 7.72. The van der Waals surface area contributed by atoms with E-state index in [4.69, 9.17) is 5.73 Å². The maximum Gasteiger partial charge on any atom is 0.416 e. The molecule has 3 rings (SSSR count). The molecule has 0 fully saturated rings. The molecule has 1 amide bonds. The van der Waals surface area contributed by atoms with Crippen LogP contribution in [-0.2, 0) is 11.0 Å². The number of fused-ring (bicyclic) bond motifs is 1. The Bertz CT molecular complexity index is 915. The monoisotopic (exact) mass is 360 g/mol. The first-order valence-corrected chi connectivity index (χ1v) is 7.72. The molecular weight excluding hydrogens is 345 g/mol. The minimum atomic E-state index is -4.41. The Morgan fingerprint density at radius 1 is 1.15 bits per heavy atom. The average molecular weight is 360 g/mol. The van der Waals surface area contributed by atoms with Crippen LogP contribution in [0, 0.1) is 0 Å². The Kier molecular flexibility index (Phi) is 4.50. The smallest absolute Gasteiger partial charge is 0.386 e. The molecular formula is C18H15F3N4O. The van der Waals surface area contributed by atoms with Gasteiger partial charge in [0, 0.05) is 18.1 Å². The van der Waals surface area contributed by atoms with Gasteiger partial charge in [-0.2, -0.15) is 13.2 Å². The van der Waals surface area contributed by atoms with Crippen LogP contribution in [0.3, 0.4) is 0 Å². The summed E-state index contributed by atoms with van der Waals surface area (Å²) >= 11 is 0. The maximum absolute atomic E-state index is 12.8. The highest BCUT2D eigenvalue weighted by Gasteiger charge is 2.30. The van der Waals surface area contributed by atoms with Crippen molar-refractivity contribution in [1.82, 2.24) is 0 Å². The van der Waals surface area contributed by atoms with Gasteiger partial charge in [0.15, 0.2) is 0 Å². The van der Waals surface area contributed by atoms with Gasteiger partial charge in [0.2, 0.25) is 5.91 Å². The van der Waals surface area contributed by atoms with Gasteiger partial charge in [-0.05, 0) is 18.2 Å². The lowest BCUT2D eigenvalue weighted by atomic mass is 9.98. The van der Waals surface area contributed by atoms with Crippen LogP contribution in [0.2, 0.25) is 0 Å². The molecule has 0 saturated carbocycles. The molecule has 2 aromatic rings. The molecule has 0 saturated heterocycles. The van der Waals surface area contributed by atoms with Gasteiger partial charge in [-0.1, -0.05) is 24.3 Å². The molecule has 0 aromatic heterocycles. The Labute approximate surface area is 147 Å². The highest BCUT2D eigenvalue weighted by Crippen LogP contribution is 2.34. The van der Waals surface area contributed by atoms with Gasteiger partial charge in [0.1, 0.15) is 5.84 Å². The molecule has 8 heteroatoms. The van der Waals surface area contributed by atoms with Gasteiger partial charge in [0.05, 0.1) is 29.2 Å². The van der Waals surface area contributed by atoms with Crippen LogP contribution in [0.25, 0.3) is 0 Å². The number of benzene rings is 2. The fourth-order valence-electron chi connectivity index (χ4n) is 2.63.